The molecule has 0 saturated heterocycles. The first-order chi connectivity index (χ1) is 19.1. The van der Waals surface area contributed by atoms with Gasteiger partial charge >= 0.3 is 11.9 Å². The number of hydrogen-bond donors (Lipinski definition) is 9. The molecule has 15 nitrogen and oxygen atoms in total. The SMILES string of the molecule is NC(Cc1c[nH]c2ccccc12)C(=O)NC(CCC(=O)O)C(=O)NC(Cc1cnc[nH]1)C(=O)NC(CO)C(=O)O. The Labute approximate surface area is 227 Å². The normalized spacial score (nSPS) is 14.1. The zero-order valence-electron chi connectivity index (χ0n) is 21.3. The maximum absolute atomic E-state index is 13.2. The molecular weight excluding hydrogens is 526 g/mol. The Kier molecular flexibility index (Phi) is 10.3. The Morgan fingerprint density at radius 3 is 2.23 bits per heavy atom. The van der Waals surface area contributed by atoms with E-state index in [0.717, 1.165) is 16.5 Å². The van der Waals surface area contributed by atoms with Gasteiger partial charge in [-0.05, 0) is 24.5 Å². The average molecular weight is 558 g/mol. The van der Waals surface area contributed by atoms with Crippen LogP contribution in [0.1, 0.15) is 24.1 Å². The van der Waals surface area contributed by atoms with Crippen LogP contribution < -0.4 is 21.7 Å². The number of rotatable bonds is 15. The van der Waals surface area contributed by atoms with Crippen molar-refractivity contribution in [1.29, 1.82) is 0 Å². The number of nitrogens with two attached hydrogens (primary N) is 1. The lowest BCUT2D eigenvalue weighted by molar-refractivity contribution is -0.143. The fourth-order valence-corrected chi connectivity index (χ4v) is 4.00. The van der Waals surface area contributed by atoms with Crippen molar-refractivity contribution in [2.75, 3.05) is 6.61 Å². The molecule has 4 unspecified atom stereocenters. The Hall–Kier alpha value is -4.76. The van der Waals surface area contributed by atoms with Crippen molar-refractivity contribution >= 4 is 40.6 Å². The number of carbonyl (C=O) groups excluding carboxylic acids is 3. The number of imidazole rings is 1. The number of hydrogen-bond acceptors (Lipinski definition) is 8. The average Bonchev–Trinajstić information content (AvgIpc) is 3.58. The number of fused-ring (bicyclic) bond motifs is 1. The number of nitrogens with one attached hydrogen (secondary N) is 5. The number of aliphatic hydroxyl groups is 1. The van der Waals surface area contributed by atoms with Gasteiger partial charge in [-0.2, -0.15) is 0 Å². The van der Waals surface area contributed by atoms with E-state index < -0.39 is 66.9 Å². The molecule has 10 N–H and O–H groups in total. The molecule has 0 spiro atoms. The lowest BCUT2D eigenvalue weighted by Crippen LogP contribution is -2.58. The summed E-state index contributed by atoms with van der Waals surface area (Å²) in [5, 5.41) is 35.5. The first-order valence-corrected chi connectivity index (χ1v) is 12.3. The van der Waals surface area contributed by atoms with E-state index in [9.17, 15) is 29.1 Å². The molecular formula is C25H31N7O8. The van der Waals surface area contributed by atoms with Gasteiger partial charge in [0.15, 0.2) is 0 Å². The minimum Gasteiger partial charge on any atom is -0.481 e. The number of amides is 3. The van der Waals surface area contributed by atoms with Gasteiger partial charge in [0.2, 0.25) is 17.7 Å². The number of aromatic nitrogens is 3. The van der Waals surface area contributed by atoms with Crippen molar-refractivity contribution in [3.8, 4) is 0 Å². The van der Waals surface area contributed by atoms with Gasteiger partial charge in [0.25, 0.3) is 0 Å². The second-order valence-corrected chi connectivity index (χ2v) is 9.09. The summed E-state index contributed by atoms with van der Waals surface area (Å²) >= 11 is 0. The van der Waals surface area contributed by atoms with E-state index in [-0.39, 0.29) is 19.3 Å². The van der Waals surface area contributed by atoms with E-state index in [1.807, 2.05) is 24.3 Å². The highest BCUT2D eigenvalue weighted by Gasteiger charge is 2.31. The van der Waals surface area contributed by atoms with E-state index in [1.54, 1.807) is 6.20 Å². The predicted octanol–water partition coefficient (Wildman–Crippen LogP) is -1.60. The first kappa shape index (κ1) is 29.8. The fourth-order valence-electron chi connectivity index (χ4n) is 4.00. The van der Waals surface area contributed by atoms with E-state index >= 15 is 0 Å². The molecule has 2 heterocycles. The molecule has 0 bridgehead atoms. The smallest absolute Gasteiger partial charge is 0.328 e. The summed E-state index contributed by atoms with van der Waals surface area (Å²) in [5.41, 5.74) is 8.17. The van der Waals surface area contributed by atoms with Crippen molar-refractivity contribution < 1.29 is 39.3 Å². The van der Waals surface area contributed by atoms with Crippen molar-refractivity contribution in [2.24, 2.45) is 5.73 Å². The van der Waals surface area contributed by atoms with Crippen LogP contribution in [0.2, 0.25) is 0 Å². The molecule has 0 aliphatic carbocycles. The summed E-state index contributed by atoms with van der Waals surface area (Å²) in [6.07, 6.45) is 3.66. The van der Waals surface area contributed by atoms with Gasteiger partial charge in [-0.1, -0.05) is 18.2 Å². The number of carboxylic acid groups (broad SMARTS) is 2. The molecule has 3 amide bonds. The fraction of sp³-hybridized carbons (Fsp3) is 0.360. The van der Waals surface area contributed by atoms with Crippen molar-refractivity contribution in [2.45, 2.75) is 49.9 Å². The lowest BCUT2D eigenvalue weighted by Gasteiger charge is -2.24. The van der Waals surface area contributed by atoms with Gasteiger partial charge in [-0.3, -0.25) is 19.2 Å². The molecule has 0 aliphatic heterocycles. The molecule has 0 aliphatic rings. The summed E-state index contributed by atoms with van der Waals surface area (Å²) < 4.78 is 0. The maximum atomic E-state index is 13.2. The van der Waals surface area contributed by atoms with Gasteiger partial charge in [-0.15, -0.1) is 0 Å². The van der Waals surface area contributed by atoms with Gasteiger partial charge in [-0.25, -0.2) is 9.78 Å². The molecule has 3 rings (SSSR count). The molecule has 0 fully saturated rings. The zero-order valence-corrected chi connectivity index (χ0v) is 21.3. The monoisotopic (exact) mass is 557 g/mol. The van der Waals surface area contributed by atoms with Gasteiger partial charge in [0, 0.05) is 41.8 Å². The number of para-hydroxylation sites is 1. The molecule has 1 aromatic carbocycles. The number of carbonyl (C=O) groups is 5. The van der Waals surface area contributed by atoms with Crippen LogP contribution in [0.15, 0.2) is 43.0 Å². The number of aliphatic hydroxyl groups excluding tert-OH is 1. The predicted molar refractivity (Wildman–Crippen MR) is 140 cm³/mol. The second kappa shape index (κ2) is 13.9. The van der Waals surface area contributed by atoms with Crippen LogP contribution in [-0.4, -0.2) is 90.7 Å². The van der Waals surface area contributed by atoms with Crippen molar-refractivity contribution in [3.05, 3.63) is 54.2 Å². The van der Waals surface area contributed by atoms with Gasteiger partial charge in [0.1, 0.15) is 18.1 Å². The van der Waals surface area contributed by atoms with Crippen LogP contribution >= 0.6 is 0 Å². The summed E-state index contributed by atoms with van der Waals surface area (Å²) in [4.78, 5) is 71.1. The maximum Gasteiger partial charge on any atom is 0.328 e. The standard InChI is InChI=1S/C25H31N7O8/c26-16(7-13-9-28-17-4-2-1-3-15(13)17)22(36)30-18(5-6-21(34)35)23(37)31-19(8-14-10-27-12-29-14)24(38)32-20(11-33)25(39)40/h1-4,9-10,12,16,18-20,28,33H,5-8,11,26H2,(H,27,29)(H,30,36)(H,31,37)(H,32,38)(H,34,35)(H,39,40). The number of carboxylic acids is 2. The zero-order chi connectivity index (χ0) is 29.2. The van der Waals surface area contributed by atoms with Crippen molar-refractivity contribution in [3.63, 3.8) is 0 Å². The molecule has 0 radical (unpaired) electrons. The number of aromatic amines is 2. The Morgan fingerprint density at radius 1 is 0.900 bits per heavy atom. The van der Waals surface area contributed by atoms with Crippen LogP contribution in [0.3, 0.4) is 0 Å². The number of H-pyrrole nitrogens is 2. The van der Waals surface area contributed by atoms with E-state index in [0.29, 0.717) is 5.69 Å². The van der Waals surface area contributed by atoms with Crippen LogP contribution in [-0.2, 0) is 36.8 Å². The van der Waals surface area contributed by atoms with Crippen LogP contribution in [0.4, 0.5) is 0 Å². The number of benzene rings is 1. The number of nitrogens with zero attached hydrogens (tertiary/aromatic N) is 1. The van der Waals surface area contributed by atoms with Crippen LogP contribution in [0.25, 0.3) is 10.9 Å². The molecule has 3 aromatic rings. The largest absolute Gasteiger partial charge is 0.481 e. The quantitative estimate of drug-likeness (QED) is 0.103. The van der Waals surface area contributed by atoms with Crippen LogP contribution in [0.5, 0.6) is 0 Å². The Balaban J connectivity index is 1.74. The lowest BCUT2D eigenvalue weighted by atomic mass is 10.0. The minimum atomic E-state index is -1.63. The summed E-state index contributed by atoms with van der Waals surface area (Å²) in [6.45, 7) is -0.891. The molecule has 4 atom stereocenters. The van der Waals surface area contributed by atoms with E-state index in [1.165, 1.54) is 12.5 Å². The Bertz CT molecular complexity index is 1340. The second-order valence-electron chi connectivity index (χ2n) is 9.09. The highest BCUT2D eigenvalue weighted by Crippen LogP contribution is 2.19. The third-order valence-electron chi connectivity index (χ3n) is 6.14. The third kappa shape index (κ3) is 8.12. The third-order valence-corrected chi connectivity index (χ3v) is 6.14. The molecule has 2 aromatic heterocycles. The van der Waals surface area contributed by atoms with E-state index in [2.05, 4.69) is 30.9 Å². The van der Waals surface area contributed by atoms with Crippen LogP contribution in [0, 0.1) is 0 Å². The molecule has 40 heavy (non-hydrogen) atoms. The van der Waals surface area contributed by atoms with Gasteiger partial charge in [0.05, 0.1) is 19.0 Å². The molecule has 15 heteroatoms. The highest BCUT2D eigenvalue weighted by molar-refractivity contribution is 5.94. The number of aliphatic carboxylic acids is 2. The summed E-state index contributed by atoms with van der Waals surface area (Å²) in [5.74, 6) is -5.22. The summed E-state index contributed by atoms with van der Waals surface area (Å²) in [7, 11) is 0. The topological polar surface area (TPSA) is 253 Å². The van der Waals surface area contributed by atoms with Gasteiger partial charge < -0.3 is 47.0 Å². The van der Waals surface area contributed by atoms with E-state index in [4.69, 9.17) is 15.9 Å². The Morgan fingerprint density at radius 2 is 1.57 bits per heavy atom. The molecule has 0 saturated carbocycles. The molecule has 214 valence electrons. The summed E-state index contributed by atoms with van der Waals surface area (Å²) in [6, 6.07) is 1.99. The minimum absolute atomic E-state index is 0.131. The van der Waals surface area contributed by atoms with Crippen molar-refractivity contribution in [1.82, 2.24) is 30.9 Å². The highest BCUT2D eigenvalue weighted by atomic mass is 16.4. The first-order valence-electron chi connectivity index (χ1n) is 12.3.